The molecule has 3 aromatic rings. The van der Waals surface area contributed by atoms with Crippen molar-refractivity contribution in [3.63, 3.8) is 0 Å². The third-order valence-corrected chi connectivity index (χ3v) is 5.30. The molecule has 2 heterocycles. The van der Waals surface area contributed by atoms with E-state index >= 15 is 0 Å². The molecule has 1 aliphatic rings. The number of Topliss-reactive ketones (excluding diaryl/α,β-unsaturated/α-hetero) is 1. The van der Waals surface area contributed by atoms with Crippen molar-refractivity contribution >= 4 is 16.7 Å². The summed E-state index contributed by atoms with van der Waals surface area (Å²) in [7, 11) is 1.71. The zero-order valence-corrected chi connectivity index (χ0v) is 15.4. The van der Waals surface area contributed by atoms with Crippen LogP contribution in [0.1, 0.15) is 34.8 Å². The highest BCUT2D eigenvalue weighted by Crippen LogP contribution is 2.26. The highest BCUT2D eigenvalue weighted by atomic mass is 16.5. The molecule has 3 unspecified atom stereocenters. The third-order valence-electron chi connectivity index (χ3n) is 5.30. The molecular formula is C22H25N3O2. The molecule has 0 radical (unpaired) electrons. The van der Waals surface area contributed by atoms with Crippen LogP contribution in [0.3, 0.4) is 0 Å². The molecule has 3 N–H and O–H groups in total. The van der Waals surface area contributed by atoms with Crippen LogP contribution in [0, 0.1) is 0 Å². The van der Waals surface area contributed by atoms with Crippen LogP contribution < -0.4 is 10.6 Å². The molecule has 0 spiro atoms. The number of carbonyl (C=O) groups excluding carboxylic acids is 1. The van der Waals surface area contributed by atoms with E-state index in [4.69, 9.17) is 4.74 Å². The maximum absolute atomic E-state index is 13.5. The van der Waals surface area contributed by atoms with Crippen LogP contribution in [0.25, 0.3) is 10.9 Å². The van der Waals surface area contributed by atoms with Gasteiger partial charge in [0, 0.05) is 42.2 Å². The number of hydrogen-bond acceptors (Lipinski definition) is 4. The lowest BCUT2D eigenvalue weighted by Gasteiger charge is -2.32. The van der Waals surface area contributed by atoms with Crippen LogP contribution in [-0.4, -0.2) is 36.7 Å². The third kappa shape index (κ3) is 3.81. The fourth-order valence-electron chi connectivity index (χ4n) is 3.84. The van der Waals surface area contributed by atoms with E-state index in [1.807, 2.05) is 60.8 Å². The number of rotatable bonds is 6. The van der Waals surface area contributed by atoms with E-state index in [-0.39, 0.29) is 24.1 Å². The minimum atomic E-state index is -0.383. The fourth-order valence-corrected chi connectivity index (χ4v) is 3.84. The van der Waals surface area contributed by atoms with Gasteiger partial charge in [-0.25, -0.2) is 0 Å². The Morgan fingerprint density at radius 3 is 2.74 bits per heavy atom. The Hall–Kier alpha value is -2.47. The molecule has 0 bridgehead atoms. The van der Waals surface area contributed by atoms with Crippen molar-refractivity contribution in [2.45, 2.75) is 31.2 Å². The topological polar surface area (TPSA) is 66.1 Å². The Labute approximate surface area is 159 Å². The lowest BCUT2D eigenvalue weighted by Crippen LogP contribution is -2.48. The van der Waals surface area contributed by atoms with Crippen LogP contribution >= 0.6 is 0 Å². The average molecular weight is 363 g/mol. The molecule has 0 amide bonds. The van der Waals surface area contributed by atoms with Gasteiger partial charge in [0.05, 0.1) is 6.04 Å². The van der Waals surface area contributed by atoms with E-state index in [0.717, 1.165) is 41.4 Å². The number of ketones is 1. The molecule has 1 aliphatic heterocycles. The number of methoxy groups -OCH3 is 1. The first kappa shape index (κ1) is 17.9. The highest BCUT2D eigenvalue weighted by molar-refractivity contribution is 6.10. The number of hydrogen-bond donors (Lipinski definition) is 3. The number of para-hydroxylation sites is 1. The van der Waals surface area contributed by atoms with Crippen LogP contribution in [0.15, 0.2) is 60.8 Å². The highest BCUT2D eigenvalue weighted by Gasteiger charge is 2.29. The first-order valence-electron chi connectivity index (χ1n) is 9.44. The number of nitrogens with one attached hydrogen (secondary N) is 3. The van der Waals surface area contributed by atoms with Crippen LogP contribution in [0.5, 0.6) is 0 Å². The molecule has 5 nitrogen and oxygen atoms in total. The number of piperidine rings is 1. The monoisotopic (exact) mass is 363 g/mol. The second-order valence-electron chi connectivity index (χ2n) is 7.02. The van der Waals surface area contributed by atoms with Crippen molar-refractivity contribution in [2.75, 3.05) is 13.7 Å². The van der Waals surface area contributed by atoms with Gasteiger partial charge in [0.25, 0.3) is 0 Å². The van der Waals surface area contributed by atoms with Crippen molar-refractivity contribution in [3.05, 3.63) is 71.9 Å². The summed E-state index contributed by atoms with van der Waals surface area (Å²) < 4.78 is 5.46. The largest absolute Gasteiger partial charge is 0.367 e. The van der Waals surface area contributed by atoms with Crippen molar-refractivity contribution in [1.82, 2.24) is 15.6 Å². The van der Waals surface area contributed by atoms with E-state index in [2.05, 4.69) is 15.6 Å². The number of aromatic nitrogens is 1. The lowest BCUT2D eigenvalue weighted by molar-refractivity contribution is 0.0389. The van der Waals surface area contributed by atoms with Crippen LogP contribution in [0.2, 0.25) is 0 Å². The Morgan fingerprint density at radius 2 is 1.93 bits per heavy atom. The number of benzene rings is 2. The van der Waals surface area contributed by atoms with Gasteiger partial charge in [0.1, 0.15) is 6.23 Å². The maximum atomic E-state index is 13.5. The molecule has 0 saturated carbocycles. The normalized spacial score (nSPS) is 21.2. The smallest absolute Gasteiger partial charge is 0.186 e. The molecule has 1 saturated heterocycles. The van der Waals surface area contributed by atoms with Crippen LogP contribution in [-0.2, 0) is 4.74 Å². The van der Waals surface area contributed by atoms with Gasteiger partial charge < -0.3 is 15.0 Å². The zero-order chi connectivity index (χ0) is 18.6. The van der Waals surface area contributed by atoms with Crippen molar-refractivity contribution in [1.29, 1.82) is 0 Å². The van der Waals surface area contributed by atoms with Crippen molar-refractivity contribution < 1.29 is 9.53 Å². The Kier molecular flexibility index (Phi) is 5.34. The zero-order valence-electron chi connectivity index (χ0n) is 15.4. The van der Waals surface area contributed by atoms with Gasteiger partial charge in [0.15, 0.2) is 5.78 Å². The van der Waals surface area contributed by atoms with E-state index in [9.17, 15) is 4.79 Å². The summed E-state index contributed by atoms with van der Waals surface area (Å²) in [5, 5.41) is 7.91. The predicted octanol–water partition coefficient (Wildman–Crippen LogP) is 3.41. The first-order chi connectivity index (χ1) is 13.3. The molecule has 27 heavy (non-hydrogen) atoms. The number of fused-ring (bicyclic) bond motifs is 1. The van der Waals surface area contributed by atoms with Crippen LogP contribution in [0.4, 0.5) is 0 Å². The number of aromatic amines is 1. The first-order valence-corrected chi connectivity index (χ1v) is 9.44. The Bertz CT molecular complexity index is 906. The molecule has 1 fully saturated rings. The standard InChI is InChI=1S/C22H25N3O2/c1-27-20-13-16(11-12-23-20)25-21(15-7-3-2-4-8-15)22(26)18-14-24-19-10-6-5-9-17(18)19/h2-10,14,16,20-21,23-25H,11-13H2,1H3. The number of H-pyrrole nitrogens is 1. The summed E-state index contributed by atoms with van der Waals surface area (Å²) in [5.41, 5.74) is 2.69. The van der Waals surface area contributed by atoms with Gasteiger partial charge in [-0.3, -0.25) is 10.1 Å². The van der Waals surface area contributed by atoms with Crippen molar-refractivity contribution in [2.24, 2.45) is 0 Å². The molecule has 5 heteroatoms. The van der Waals surface area contributed by atoms with E-state index < -0.39 is 0 Å². The number of carbonyl (C=O) groups is 1. The minimum absolute atomic E-state index is 0.0239. The molecule has 0 aliphatic carbocycles. The summed E-state index contributed by atoms with van der Waals surface area (Å²) in [6.07, 6.45) is 3.65. The van der Waals surface area contributed by atoms with Gasteiger partial charge in [-0.15, -0.1) is 0 Å². The van der Waals surface area contributed by atoms with E-state index in [0.29, 0.717) is 0 Å². The van der Waals surface area contributed by atoms with Gasteiger partial charge in [-0.2, -0.15) is 0 Å². The summed E-state index contributed by atoms with van der Waals surface area (Å²) in [6, 6.07) is 17.7. The predicted molar refractivity (Wildman–Crippen MR) is 107 cm³/mol. The molecule has 140 valence electrons. The summed E-state index contributed by atoms with van der Waals surface area (Å²) in [5.74, 6) is 0.0890. The second kappa shape index (κ2) is 8.05. The van der Waals surface area contributed by atoms with Crippen molar-refractivity contribution in [3.8, 4) is 0 Å². The summed E-state index contributed by atoms with van der Waals surface area (Å²) >= 11 is 0. The molecule has 2 aromatic carbocycles. The molecule has 1 aromatic heterocycles. The molecule has 4 rings (SSSR count). The number of ether oxygens (including phenoxy) is 1. The Morgan fingerprint density at radius 1 is 1.15 bits per heavy atom. The maximum Gasteiger partial charge on any atom is 0.186 e. The lowest BCUT2D eigenvalue weighted by atomic mass is 9.94. The van der Waals surface area contributed by atoms with Gasteiger partial charge in [-0.05, 0) is 24.6 Å². The van der Waals surface area contributed by atoms with E-state index in [1.54, 1.807) is 7.11 Å². The minimum Gasteiger partial charge on any atom is -0.367 e. The Balaban J connectivity index is 1.65. The quantitative estimate of drug-likeness (QED) is 0.587. The molecule has 3 atom stereocenters. The molecular weight excluding hydrogens is 338 g/mol. The average Bonchev–Trinajstić information content (AvgIpc) is 3.16. The van der Waals surface area contributed by atoms with Gasteiger partial charge in [-0.1, -0.05) is 48.5 Å². The SMILES string of the molecule is COC1CC(NC(C(=O)c2c[nH]c3ccccc23)c2ccccc2)CCN1. The second-order valence-corrected chi connectivity index (χ2v) is 7.02. The summed E-state index contributed by atoms with van der Waals surface area (Å²) in [4.78, 5) is 16.7. The van der Waals surface area contributed by atoms with E-state index in [1.165, 1.54) is 0 Å². The van der Waals surface area contributed by atoms with Gasteiger partial charge >= 0.3 is 0 Å². The van der Waals surface area contributed by atoms with Gasteiger partial charge in [0.2, 0.25) is 0 Å². The fraction of sp³-hybridized carbons (Fsp3) is 0.318. The summed E-state index contributed by atoms with van der Waals surface area (Å²) in [6.45, 7) is 0.874.